The molecule has 0 aliphatic rings. The number of ether oxygens (including phenoxy) is 1. The van der Waals surface area contributed by atoms with Crippen LogP contribution in [0.15, 0.2) is 66.9 Å². The summed E-state index contributed by atoms with van der Waals surface area (Å²) in [7, 11) is 3.30. The van der Waals surface area contributed by atoms with Crippen LogP contribution in [-0.4, -0.2) is 34.7 Å². The quantitative estimate of drug-likeness (QED) is 0.725. The Morgan fingerprint density at radius 2 is 1.71 bits per heavy atom. The van der Waals surface area contributed by atoms with Gasteiger partial charge in [-0.1, -0.05) is 48.5 Å². The molecule has 0 spiro atoms. The fourth-order valence-electron chi connectivity index (χ4n) is 2.48. The monoisotopic (exact) mass is 321 g/mol. The number of benzene rings is 2. The number of methoxy groups -OCH3 is 1. The molecular weight excluding hydrogens is 302 g/mol. The Hall–Kier alpha value is -3.08. The van der Waals surface area contributed by atoms with Gasteiger partial charge in [-0.15, -0.1) is 0 Å². The second kappa shape index (κ2) is 7.00. The van der Waals surface area contributed by atoms with Crippen LogP contribution in [0.4, 0.5) is 0 Å². The van der Waals surface area contributed by atoms with Gasteiger partial charge in [-0.2, -0.15) is 5.10 Å². The van der Waals surface area contributed by atoms with Gasteiger partial charge in [0.25, 0.3) is 5.91 Å². The summed E-state index contributed by atoms with van der Waals surface area (Å²) >= 11 is 0. The normalized spacial score (nSPS) is 10.4. The Bertz CT molecular complexity index is 813. The van der Waals surface area contributed by atoms with E-state index in [0.29, 0.717) is 18.0 Å². The number of amides is 1. The molecule has 0 bridgehead atoms. The first kappa shape index (κ1) is 15.8. The second-order valence-electron chi connectivity index (χ2n) is 5.47. The summed E-state index contributed by atoms with van der Waals surface area (Å²) in [6, 6.07) is 19.5. The maximum Gasteiger partial charge on any atom is 0.278 e. The molecule has 0 saturated carbocycles. The van der Waals surface area contributed by atoms with Crippen molar-refractivity contribution in [1.82, 2.24) is 14.7 Å². The minimum atomic E-state index is -0.176. The Morgan fingerprint density at radius 3 is 2.33 bits per heavy atom. The molecule has 5 nitrogen and oxygen atoms in total. The fourth-order valence-corrected chi connectivity index (χ4v) is 2.48. The van der Waals surface area contributed by atoms with Crippen molar-refractivity contribution in [3.05, 3.63) is 78.1 Å². The predicted octanol–water partition coefficient (Wildman–Crippen LogP) is 3.15. The van der Waals surface area contributed by atoms with Gasteiger partial charge >= 0.3 is 0 Å². The van der Waals surface area contributed by atoms with E-state index in [1.54, 1.807) is 29.9 Å². The minimum Gasteiger partial charge on any atom is -0.493 e. The third-order valence-corrected chi connectivity index (χ3v) is 3.73. The molecule has 1 amide bonds. The van der Waals surface area contributed by atoms with Crippen LogP contribution in [0.25, 0.3) is 5.69 Å². The van der Waals surface area contributed by atoms with Gasteiger partial charge in [0.05, 0.1) is 19.0 Å². The highest BCUT2D eigenvalue weighted by molar-refractivity contribution is 5.94. The number of aromatic nitrogens is 2. The van der Waals surface area contributed by atoms with Crippen molar-refractivity contribution in [3.63, 3.8) is 0 Å². The Kier molecular flexibility index (Phi) is 4.61. The molecule has 0 saturated heterocycles. The third-order valence-electron chi connectivity index (χ3n) is 3.73. The number of hydrogen-bond acceptors (Lipinski definition) is 3. The number of rotatable bonds is 5. The van der Waals surface area contributed by atoms with E-state index in [9.17, 15) is 4.79 Å². The average molecular weight is 321 g/mol. The zero-order valence-corrected chi connectivity index (χ0v) is 13.7. The summed E-state index contributed by atoms with van der Waals surface area (Å²) in [5.74, 6) is 0.286. The highest BCUT2D eigenvalue weighted by Gasteiger charge is 2.21. The number of carbonyl (C=O) groups is 1. The molecule has 0 aliphatic heterocycles. The van der Waals surface area contributed by atoms with Crippen LogP contribution >= 0.6 is 0 Å². The van der Waals surface area contributed by atoms with Gasteiger partial charge in [0, 0.05) is 13.6 Å². The highest BCUT2D eigenvalue weighted by Crippen LogP contribution is 2.21. The fraction of sp³-hybridized carbons (Fsp3) is 0.158. The number of para-hydroxylation sites is 1. The molecule has 0 N–H and O–H groups in total. The van der Waals surface area contributed by atoms with E-state index >= 15 is 0 Å². The van der Waals surface area contributed by atoms with Crippen LogP contribution in [-0.2, 0) is 6.54 Å². The van der Waals surface area contributed by atoms with Gasteiger partial charge in [-0.3, -0.25) is 4.79 Å². The van der Waals surface area contributed by atoms with Crippen LogP contribution in [0.3, 0.4) is 0 Å². The Labute approximate surface area is 141 Å². The third kappa shape index (κ3) is 3.30. The summed E-state index contributed by atoms with van der Waals surface area (Å²) < 4.78 is 6.99. The van der Waals surface area contributed by atoms with E-state index < -0.39 is 0 Å². The molecule has 0 atom stereocenters. The van der Waals surface area contributed by atoms with Gasteiger partial charge in [0.2, 0.25) is 0 Å². The lowest BCUT2D eigenvalue weighted by Crippen LogP contribution is -2.27. The van der Waals surface area contributed by atoms with Crippen molar-refractivity contribution in [2.24, 2.45) is 0 Å². The van der Waals surface area contributed by atoms with Gasteiger partial charge in [-0.25, -0.2) is 4.68 Å². The SMILES string of the molecule is COc1cn(-c2ccccc2)nc1C(=O)N(C)Cc1ccccc1. The lowest BCUT2D eigenvalue weighted by Gasteiger charge is -2.16. The maximum atomic E-state index is 12.7. The zero-order chi connectivity index (χ0) is 16.9. The molecule has 0 radical (unpaired) electrons. The Balaban J connectivity index is 1.85. The predicted molar refractivity (Wildman–Crippen MR) is 92.4 cm³/mol. The molecule has 1 aromatic heterocycles. The molecule has 3 rings (SSSR count). The van der Waals surface area contributed by atoms with Crippen molar-refractivity contribution in [1.29, 1.82) is 0 Å². The van der Waals surface area contributed by atoms with E-state index in [0.717, 1.165) is 11.3 Å². The summed E-state index contributed by atoms with van der Waals surface area (Å²) in [6.07, 6.45) is 1.72. The largest absolute Gasteiger partial charge is 0.493 e. The standard InChI is InChI=1S/C19H19N3O2/c1-21(13-15-9-5-3-6-10-15)19(23)18-17(24-2)14-22(20-18)16-11-7-4-8-12-16/h3-12,14H,13H2,1-2H3. The number of nitrogens with zero attached hydrogens (tertiary/aromatic N) is 3. The molecule has 0 aliphatic carbocycles. The first-order valence-electron chi connectivity index (χ1n) is 7.67. The number of carbonyl (C=O) groups excluding carboxylic acids is 1. The second-order valence-corrected chi connectivity index (χ2v) is 5.47. The maximum absolute atomic E-state index is 12.7. The van der Waals surface area contributed by atoms with Gasteiger partial charge in [0.1, 0.15) is 0 Å². The summed E-state index contributed by atoms with van der Waals surface area (Å²) in [5.41, 5.74) is 2.25. The van der Waals surface area contributed by atoms with Crippen LogP contribution in [0, 0.1) is 0 Å². The molecule has 122 valence electrons. The van der Waals surface area contributed by atoms with E-state index in [2.05, 4.69) is 5.10 Å². The minimum absolute atomic E-state index is 0.176. The first-order chi connectivity index (χ1) is 11.7. The van der Waals surface area contributed by atoms with Crippen LogP contribution in [0.2, 0.25) is 0 Å². The zero-order valence-electron chi connectivity index (χ0n) is 13.7. The van der Waals surface area contributed by atoms with Crippen LogP contribution in [0.5, 0.6) is 5.75 Å². The van der Waals surface area contributed by atoms with E-state index in [-0.39, 0.29) is 5.91 Å². The van der Waals surface area contributed by atoms with Crippen LogP contribution < -0.4 is 4.74 Å². The number of hydrogen-bond donors (Lipinski definition) is 0. The van der Waals surface area contributed by atoms with E-state index in [1.165, 1.54) is 0 Å². The summed E-state index contributed by atoms with van der Waals surface area (Å²) in [5, 5.41) is 4.41. The molecule has 3 aromatic rings. The molecule has 0 fully saturated rings. The average Bonchev–Trinajstić information content (AvgIpc) is 3.07. The summed E-state index contributed by atoms with van der Waals surface area (Å²) in [6.45, 7) is 0.515. The van der Waals surface area contributed by atoms with Crippen LogP contribution in [0.1, 0.15) is 16.1 Å². The molecule has 1 heterocycles. The Morgan fingerprint density at radius 1 is 1.08 bits per heavy atom. The van der Waals surface area contributed by atoms with E-state index in [4.69, 9.17) is 4.74 Å². The molecule has 2 aromatic carbocycles. The van der Waals surface area contributed by atoms with Crippen molar-refractivity contribution < 1.29 is 9.53 Å². The lowest BCUT2D eigenvalue weighted by molar-refractivity contribution is 0.0775. The highest BCUT2D eigenvalue weighted by atomic mass is 16.5. The van der Waals surface area contributed by atoms with Gasteiger partial charge < -0.3 is 9.64 Å². The smallest absolute Gasteiger partial charge is 0.278 e. The van der Waals surface area contributed by atoms with Crippen molar-refractivity contribution in [2.45, 2.75) is 6.54 Å². The summed E-state index contributed by atoms with van der Waals surface area (Å²) in [4.78, 5) is 14.4. The molecular formula is C19H19N3O2. The molecule has 5 heteroatoms. The molecule has 24 heavy (non-hydrogen) atoms. The van der Waals surface area contributed by atoms with Gasteiger partial charge in [0.15, 0.2) is 11.4 Å². The first-order valence-corrected chi connectivity index (χ1v) is 7.67. The van der Waals surface area contributed by atoms with Crippen molar-refractivity contribution in [2.75, 3.05) is 14.2 Å². The van der Waals surface area contributed by atoms with Crippen molar-refractivity contribution >= 4 is 5.91 Å². The van der Waals surface area contributed by atoms with Crippen molar-refractivity contribution in [3.8, 4) is 11.4 Å². The van der Waals surface area contributed by atoms with Gasteiger partial charge in [-0.05, 0) is 17.7 Å². The topological polar surface area (TPSA) is 47.4 Å². The molecule has 0 unspecified atom stereocenters. The van der Waals surface area contributed by atoms with E-state index in [1.807, 2.05) is 60.7 Å². The lowest BCUT2D eigenvalue weighted by atomic mass is 10.2.